The predicted octanol–water partition coefficient (Wildman–Crippen LogP) is 5.52. The molecule has 0 fully saturated rings. The fraction of sp³-hybridized carbons (Fsp3) is 0.0667. The van der Waals surface area contributed by atoms with E-state index in [-0.39, 0.29) is 18.0 Å². The topological polar surface area (TPSA) is 110 Å². The highest BCUT2D eigenvalue weighted by Crippen LogP contribution is 2.29. The fourth-order valence-electron chi connectivity index (χ4n) is 4.59. The molecule has 0 unspecified atom stereocenters. The average Bonchev–Trinajstić information content (AvgIpc) is 3.62. The van der Waals surface area contributed by atoms with Crippen molar-refractivity contribution in [3.8, 4) is 11.1 Å². The molecule has 0 aliphatic carbocycles. The van der Waals surface area contributed by atoms with Gasteiger partial charge in [0.2, 0.25) is 0 Å². The molecule has 186 valence electrons. The Morgan fingerprint density at radius 3 is 2.39 bits per heavy atom. The standard InChI is InChI=1S/C30H22N4O4/c35-29(31-14-19-5-9-22(10-6-19)30(36)37)27-13-24(26-16-33-38-18-26)12-25-15-32-34(28(25)27)17-20-7-8-21-3-1-2-4-23(21)11-20/h1-13,15-16,18H,14,17H2,(H,31,35)(H,36,37). The van der Waals surface area contributed by atoms with Gasteiger partial charge in [0.15, 0.2) is 0 Å². The SMILES string of the molecule is O=C(O)c1ccc(CNC(=O)c2cc(-c3cnoc3)cc3cnn(Cc4ccc5ccccc5c4)c23)cc1. The molecule has 0 bridgehead atoms. The van der Waals surface area contributed by atoms with Crippen molar-refractivity contribution in [2.75, 3.05) is 0 Å². The first-order chi connectivity index (χ1) is 18.5. The molecule has 2 N–H and O–H groups in total. The van der Waals surface area contributed by atoms with Crippen LogP contribution in [0.25, 0.3) is 32.8 Å². The maximum atomic E-state index is 13.5. The van der Waals surface area contributed by atoms with Crippen molar-refractivity contribution in [1.82, 2.24) is 20.3 Å². The molecular formula is C30H22N4O4. The first-order valence-electron chi connectivity index (χ1n) is 12.0. The highest BCUT2D eigenvalue weighted by molar-refractivity contribution is 6.07. The molecule has 0 radical (unpaired) electrons. The summed E-state index contributed by atoms with van der Waals surface area (Å²) in [5.41, 5.74) is 4.80. The lowest BCUT2D eigenvalue weighted by molar-refractivity contribution is 0.0696. The average molecular weight is 503 g/mol. The van der Waals surface area contributed by atoms with E-state index >= 15 is 0 Å². The third kappa shape index (κ3) is 4.51. The van der Waals surface area contributed by atoms with Crippen molar-refractivity contribution in [2.24, 2.45) is 0 Å². The lowest BCUT2D eigenvalue weighted by Gasteiger charge is -2.12. The largest absolute Gasteiger partial charge is 0.478 e. The number of aromatic carboxylic acids is 1. The van der Waals surface area contributed by atoms with Crippen molar-refractivity contribution in [3.05, 3.63) is 120 Å². The van der Waals surface area contributed by atoms with E-state index in [2.05, 4.69) is 45.9 Å². The second-order valence-electron chi connectivity index (χ2n) is 9.04. The Morgan fingerprint density at radius 1 is 0.842 bits per heavy atom. The number of nitrogens with zero attached hydrogens (tertiary/aromatic N) is 3. The van der Waals surface area contributed by atoms with Crippen LogP contribution < -0.4 is 5.32 Å². The van der Waals surface area contributed by atoms with Crippen molar-refractivity contribution >= 4 is 33.6 Å². The van der Waals surface area contributed by atoms with Crippen LogP contribution >= 0.6 is 0 Å². The maximum absolute atomic E-state index is 13.5. The number of benzene rings is 4. The molecule has 4 aromatic carbocycles. The minimum absolute atomic E-state index is 0.195. The molecule has 1 amide bonds. The van der Waals surface area contributed by atoms with Gasteiger partial charge < -0.3 is 14.9 Å². The van der Waals surface area contributed by atoms with Gasteiger partial charge in [-0.05, 0) is 57.8 Å². The Hall–Kier alpha value is -5.24. The van der Waals surface area contributed by atoms with E-state index in [0.717, 1.165) is 43.9 Å². The summed E-state index contributed by atoms with van der Waals surface area (Å²) in [5, 5.41) is 23.6. The van der Waals surface area contributed by atoms with E-state index in [0.29, 0.717) is 12.1 Å². The number of aromatic nitrogens is 3. The molecule has 8 nitrogen and oxygen atoms in total. The summed E-state index contributed by atoms with van der Waals surface area (Å²) in [4.78, 5) is 24.7. The van der Waals surface area contributed by atoms with Gasteiger partial charge in [-0.25, -0.2) is 4.79 Å². The Labute approximate surface area is 217 Å². The molecule has 0 aliphatic heterocycles. The zero-order chi connectivity index (χ0) is 26.1. The summed E-state index contributed by atoms with van der Waals surface area (Å²) < 4.78 is 6.86. The zero-order valence-corrected chi connectivity index (χ0v) is 20.2. The molecule has 0 spiro atoms. The number of hydrogen-bond donors (Lipinski definition) is 2. The number of carbonyl (C=O) groups excluding carboxylic acids is 1. The summed E-state index contributed by atoms with van der Waals surface area (Å²) in [6, 6.07) is 24.7. The van der Waals surface area contributed by atoms with Crippen LogP contribution in [0.4, 0.5) is 0 Å². The lowest BCUT2D eigenvalue weighted by Crippen LogP contribution is -2.24. The smallest absolute Gasteiger partial charge is 0.335 e. The zero-order valence-electron chi connectivity index (χ0n) is 20.2. The van der Waals surface area contributed by atoms with Crippen LogP contribution in [-0.4, -0.2) is 31.9 Å². The van der Waals surface area contributed by atoms with Gasteiger partial charge in [0, 0.05) is 17.5 Å². The van der Waals surface area contributed by atoms with Crippen LogP contribution in [0.1, 0.15) is 31.8 Å². The maximum Gasteiger partial charge on any atom is 0.335 e. The second kappa shape index (κ2) is 9.67. The molecule has 8 heteroatoms. The van der Waals surface area contributed by atoms with Gasteiger partial charge in [-0.3, -0.25) is 9.48 Å². The van der Waals surface area contributed by atoms with E-state index < -0.39 is 5.97 Å². The number of nitrogens with one attached hydrogen (secondary N) is 1. The van der Waals surface area contributed by atoms with Crippen LogP contribution in [0.3, 0.4) is 0 Å². The van der Waals surface area contributed by atoms with Crippen molar-refractivity contribution in [3.63, 3.8) is 0 Å². The highest BCUT2D eigenvalue weighted by atomic mass is 16.5. The van der Waals surface area contributed by atoms with E-state index in [1.165, 1.54) is 18.4 Å². The van der Waals surface area contributed by atoms with E-state index in [1.807, 2.05) is 28.9 Å². The van der Waals surface area contributed by atoms with Crippen LogP contribution in [-0.2, 0) is 13.1 Å². The predicted molar refractivity (Wildman–Crippen MR) is 143 cm³/mol. The quantitative estimate of drug-likeness (QED) is 0.297. The molecular weight excluding hydrogens is 480 g/mol. The number of hydrogen-bond acceptors (Lipinski definition) is 5. The highest BCUT2D eigenvalue weighted by Gasteiger charge is 2.18. The lowest BCUT2D eigenvalue weighted by atomic mass is 10.0. The van der Waals surface area contributed by atoms with Crippen molar-refractivity contribution < 1.29 is 19.2 Å². The number of carbonyl (C=O) groups is 2. The van der Waals surface area contributed by atoms with Crippen LogP contribution in [0.5, 0.6) is 0 Å². The summed E-state index contributed by atoms with van der Waals surface area (Å²) in [7, 11) is 0. The van der Waals surface area contributed by atoms with E-state index in [4.69, 9.17) is 9.63 Å². The number of rotatable bonds is 7. The minimum atomic E-state index is -0.992. The Kier molecular flexibility index (Phi) is 5.89. The Morgan fingerprint density at radius 2 is 1.63 bits per heavy atom. The van der Waals surface area contributed by atoms with Gasteiger partial charge >= 0.3 is 5.97 Å². The Bertz CT molecular complexity index is 1790. The summed E-state index contributed by atoms with van der Waals surface area (Å²) in [6.07, 6.45) is 4.90. The van der Waals surface area contributed by atoms with Gasteiger partial charge in [0.1, 0.15) is 6.26 Å². The van der Waals surface area contributed by atoms with E-state index in [1.54, 1.807) is 24.5 Å². The molecule has 6 aromatic rings. The number of amides is 1. The van der Waals surface area contributed by atoms with Gasteiger partial charge in [-0.15, -0.1) is 0 Å². The monoisotopic (exact) mass is 502 g/mol. The summed E-state index contributed by atoms with van der Waals surface area (Å²) in [6.45, 7) is 0.744. The minimum Gasteiger partial charge on any atom is -0.478 e. The van der Waals surface area contributed by atoms with Crippen LogP contribution in [0.15, 0.2) is 102 Å². The second-order valence-corrected chi connectivity index (χ2v) is 9.04. The summed E-state index contributed by atoms with van der Waals surface area (Å²) >= 11 is 0. The molecule has 0 aliphatic rings. The van der Waals surface area contributed by atoms with E-state index in [9.17, 15) is 9.59 Å². The van der Waals surface area contributed by atoms with Crippen LogP contribution in [0.2, 0.25) is 0 Å². The number of fused-ring (bicyclic) bond motifs is 2. The fourth-order valence-corrected chi connectivity index (χ4v) is 4.59. The van der Waals surface area contributed by atoms with Gasteiger partial charge in [-0.2, -0.15) is 5.10 Å². The van der Waals surface area contributed by atoms with Crippen molar-refractivity contribution in [1.29, 1.82) is 0 Å². The molecule has 2 heterocycles. The van der Waals surface area contributed by atoms with Crippen LogP contribution in [0, 0.1) is 0 Å². The molecule has 6 rings (SSSR count). The molecule has 0 atom stereocenters. The summed E-state index contributed by atoms with van der Waals surface area (Å²) in [5.74, 6) is -1.26. The first-order valence-corrected chi connectivity index (χ1v) is 12.0. The number of carboxylic acid groups (broad SMARTS) is 1. The Balaban J connectivity index is 1.35. The number of carboxylic acids is 1. The molecule has 38 heavy (non-hydrogen) atoms. The van der Waals surface area contributed by atoms with Crippen molar-refractivity contribution in [2.45, 2.75) is 13.1 Å². The normalized spacial score (nSPS) is 11.2. The third-order valence-corrected chi connectivity index (χ3v) is 6.54. The molecule has 0 saturated carbocycles. The van der Waals surface area contributed by atoms with Gasteiger partial charge in [0.25, 0.3) is 5.91 Å². The molecule has 0 saturated heterocycles. The molecule has 2 aromatic heterocycles. The van der Waals surface area contributed by atoms with Gasteiger partial charge in [0.05, 0.1) is 35.6 Å². The van der Waals surface area contributed by atoms with Gasteiger partial charge in [-0.1, -0.05) is 53.7 Å². The first kappa shape index (κ1) is 23.2. The third-order valence-electron chi connectivity index (χ3n) is 6.54.